The Morgan fingerprint density at radius 1 is 1.16 bits per heavy atom. The van der Waals surface area contributed by atoms with Crippen molar-refractivity contribution in [2.45, 2.75) is 24.8 Å². The number of benzene rings is 1. The van der Waals surface area contributed by atoms with Gasteiger partial charge in [0.15, 0.2) is 0 Å². The van der Waals surface area contributed by atoms with Crippen LogP contribution in [0.25, 0.3) is 0 Å². The van der Waals surface area contributed by atoms with Crippen LogP contribution in [0.3, 0.4) is 0 Å². The van der Waals surface area contributed by atoms with Gasteiger partial charge in [-0.05, 0) is 41.9 Å². The number of hydrogen-bond acceptors (Lipinski definition) is 4. The first-order valence-corrected chi connectivity index (χ1v) is 11.5. The summed E-state index contributed by atoms with van der Waals surface area (Å²) in [5, 5.41) is 0. The molecule has 0 spiro atoms. The van der Waals surface area contributed by atoms with Crippen molar-refractivity contribution in [3.63, 3.8) is 0 Å². The maximum atomic E-state index is 13.0. The molecular weight excluding hydrogens is 467 g/mol. The molecule has 1 aromatic carbocycles. The lowest BCUT2D eigenvalue weighted by Gasteiger charge is -2.40. The molecule has 0 amide bonds. The van der Waals surface area contributed by atoms with Gasteiger partial charge in [-0.2, -0.15) is 4.31 Å². The fourth-order valence-corrected chi connectivity index (χ4v) is 7.94. The number of piperazine rings is 1. The van der Waals surface area contributed by atoms with Crippen LogP contribution >= 0.6 is 50.5 Å². The Balaban J connectivity index is 1.83. The molecule has 2 aromatic rings. The van der Waals surface area contributed by atoms with Crippen LogP contribution in [0.2, 0.25) is 8.67 Å². The predicted octanol–water partition coefficient (Wildman–Crippen LogP) is 5.03. The summed E-state index contributed by atoms with van der Waals surface area (Å²) in [5.41, 5.74) is 2.30. The van der Waals surface area contributed by atoms with Gasteiger partial charge < -0.3 is 4.90 Å². The van der Waals surface area contributed by atoms with E-state index < -0.39 is 10.0 Å². The highest BCUT2D eigenvalue weighted by Gasteiger charge is 2.36. The topological polar surface area (TPSA) is 40.6 Å². The number of rotatable bonds is 3. The minimum atomic E-state index is -3.69. The molecule has 1 atom stereocenters. The second-order valence-corrected chi connectivity index (χ2v) is 10.9. The summed E-state index contributed by atoms with van der Waals surface area (Å²) in [6.45, 7) is 5.49. The highest BCUT2D eigenvalue weighted by atomic mass is 79.9. The van der Waals surface area contributed by atoms with Gasteiger partial charge in [0.25, 0.3) is 0 Å². The molecule has 1 aliphatic rings. The average molecular weight is 484 g/mol. The zero-order valence-corrected chi connectivity index (χ0v) is 18.4. The molecule has 1 unspecified atom stereocenters. The first kappa shape index (κ1) is 19.5. The highest BCUT2D eigenvalue weighted by molar-refractivity contribution is 9.10. The molecule has 25 heavy (non-hydrogen) atoms. The molecule has 0 N–H and O–H groups in total. The summed E-state index contributed by atoms with van der Waals surface area (Å²) in [5.74, 6) is 0. The third kappa shape index (κ3) is 3.73. The molecule has 1 aliphatic heterocycles. The van der Waals surface area contributed by atoms with E-state index in [-0.39, 0.29) is 15.3 Å². The molecule has 1 saturated heterocycles. The third-order valence-corrected chi connectivity index (χ3v) is 9.61. The van der Waals surface area contributed by atoms with E-state index in [0.717, 1.165) is 17.0 Å². The number of thiophene rings is 1. The van der Waals surface area contributed by atoms with Gasteiger partial charge in [-0.1, -0.05) is 40.9 Å². The van der Waals surface area contributed by atoms with Crippen LogP contribution in [0, 0.1) is 6.92 Å². The smallest absolute Gasteiger partial charge is 0.246 e. The summed E-state index contributed by atoms with van der Waals surface area (Å²) < 4.78 is 28.4. The molecule has 0 aliphatic carbocycles. The normalized spacial score (nSPS) is 19.4. The molecular formula is C16H17BrCl2N2O2S2. The Labute approximate surface area is 170 Å². The van der Waals surface area contributed by atoms with E-state index in [1.807, 2.05) is 13.8 Å². The van der Waals surface area contributed by atoms with E-state index in [0.29, 0.717) is 28.4 Å². The van der Waals surface area contributed by atoms with E-state index >= 15 is 0 Å². The molecule has 0 saturated carbocycles. The Bertz CT molecular complexity index is 884. The lowest BCUT2D eigenvalue weighted by Crippen LogP contribution is -2.53. The van der Waals surface area contributed by atoms with Crippen LogP contribution < -0.4 is 4.90 Å². The number of hydrogen-bond donors (Lipinski definition) is 0. The van der Waals surface area contributed by atoms with Gasteiger partial charge in [0.1, 0.15) is 13.6 Å². The molecule has 0 radical (unpaired) electrons. The Kier molecular flexibility index (Phi) is 5.73. The molecule has 3 rings (SSSR count). The molecule has 136 valence electrons. The Morgan fingerprint density at radius 3 is 2.32 bits per heavy atom. The van der Waals surface area contributed by atoms with Crippen molar-refractivity contribution in [1.29, 1.82) is 0 Å². The summed E-state index contributed by atoms with van der Waals surface area (Å²) in [6, 6.07) is 8.33. The van der Waals surface area contributed by atoms with Crippen LogP contribution in [0.4, 0.5) is 5.69 Å². The number of anilines is 1. The summed E-state index contributed by atoms with van der Waals surface area (Å²) in [4.78, 5) is 2.29. The average Bonchev–Trinajstić information content (AvgIpc) is 2.81. The molecule has 0 bridgehead atoms. The van der Waals surface area contributed by atoms with Crippen LogP contribution in [0.1, 0.15) is 12.5 Å². The molecule has 4 nitrogen and oxygen atoms in total. The zero-order chi connectivity index (χ0) is 18.4. The molecule has 1 fully saturated rings. The lowest BCUT2D eigenvalue weighted by molar-refractivity contribution is 0.342. The fraction of sp³-hybridized carbons (Fsp3) is 0.375. The minimum Gasteiger partial charge on any atom is -0.366 e. The SMILES string of the molecule is Cc1ccc(N2CCN(S(=O)(=O)c3c(Cl)sc(Cl)c3Br)CC2C)cc1. The minimum absolute atomic E-state index is 0.0536. The van der Waals surface area contributed by atoms with Crippen LogP contribution in [-0.4, -0.2) is 38.4 Å². The van der Waals surface area contributed by atoms with Gasteiger partial charge in [-0.15, -0.1) is 11.3 Å². The van der Waals surface area contributed by atoms with E-state index in [4.69, 9.17) is 23.2 Å². The van der Waals surface area contributed by atoms with E-state index in [1.165, 1.54) is 9.87 Å². The zero-order valence-electron chi connectivity index (χ0n) is 13.7. The predicted molar refractivity (Wildman–Crippen MR) is 109 cm³/mol. The second kappa shape index (κ2) is 7.37. The molecule has 9 heteroatoms. The lowest BCUT2D eigenvalue weighted by atomic mass is 10.1. The first-order valence-electron chi connectivity index (χ1n) is 7.68. The van der Waals surface area contributed by atoms with Gasteiger partial charge in [0, 0.05) is 31.4 Å². The van der Waals surface area contributed by atoms with Gasteiger partial charge in [-0.25, -0.2) is 8.42 Å². The van der Waals surface area contributed by atoms with Crippen molar-refractivity contribution in [2.24, 2.45) is 0 Å². The first-order chi connectivity index (χ1) is 11.7. The Hall–Kier alpha value is -0.310. The van der Waals surface area contributed by atoms with Crippen molar-refractivity contribution < 1.29 is 8.42 Å². The van der Waals surface area contributed by atoms with E-state index in [2.05, 4.69) is 45.1 Å². The number of nitrogens with zero attached hydrogens (tertiary/aromatic N) is 2. The largest absolute Gasteiger partial charge is 0.366 e. The van der Waals surface area contributed by atoms with Crippen LogP contribution in [0.15, 0.2) is 33.6 Å². The summed E-state index contributed by atoms with van der Waals surface area (Å²) in [6.07, 6.45) is 0. The maximum Gasteiger partial charge on any atom is 0.246 e. The van der Waals surface area contributed by atoms with Crippen molar-refractivity contribution in [2.75, 3.05) is 24.5 Å². The fourth-order valence-electron chi connectivity index (χ4n) is 2.95. The summed E-state index contributed by atoms with van der Waals surface area (Å²) in [7, 11) is -3.69. The van der Waals surface area contributed by atoms with Crippen molar-refractivity contribution in [3.8, 4) is 0 Å². The van der Waals surface area contributed by atoms with Gasteiger partial charge in [0.2, 0.25) is 10.0 Å². The number of aryl methyl sites for hydroxylation is 1. The molecule has 1 aromatic heterocycles. The standard InChI is InChI=1S/C16H17BrCl2N2O2S2/c1-10-3-5-12(6-4-10)21-8-7-20(9-11(21)2)25(22,23)14-13(17)15(18)24-16(14)19/h3-6,11H,7-9H2,1-2H3. The van der Waals surface area contributed by atoms with Crippen molar-refractivity contribution >= 4 is 66.2 Å². The van der Waals surface area contributed by atoms with E-state index in [9.17, 15) is 8.42 Å². The third-order valence-electron chi connectivity index (χ3n) is 4.28. The van der Waals surface area contributed by atoms with Gasteiger partial charge >= 0.3 is 0 Å². The Morgan fingerprint density at radius 2 is 1.80 bits per heavy atom. The second-order valence-electron chi connectivity index (χ2n) is 6.03. The number of sulfonamides is 1. The van der Waals surface area contributed by atoms with Gasteiger partial charge in [-0.3, -0.25) is 0 Å². The number of halogens is 3. The van der Waals surface area contributed by atoms with Crippen LogP contribution in [-0.2, 0) is 10.0 Å². The van der Waals surface area contributed by atoms with Crippen molar-refractivity contribution in [3.05, 3.63) is 43.0 Å². The summed E-state index contributed by atoms with van der Waals surface area (Å²) >= 11 is 16.4. The molecule has 2 heterocycles. The monoisotopic (exact) mass is 482 g/mol. The maximum absolute atomic E-state index is 13.0. The van der Waals surface area contributed by atoms with Crippen LogP contribution in [0.5, 0.6) is 0 Å². The van der Waals surface area contributed by atoms with Crippen molar-refractivity contribution in [1.82, 2.24) is 4.31 Å². The van der Waals surface area contributed by atoms with E-state index in [1.54, 1.807) is 0 Å². The highest BCUT2D eigenvalue weighted by Crippen LogP contribution is 2.44. The quantitative estimate of drug-likeness (QED) is 0.614. The van der Waals surface area contributed by atoms with Gasteiger partial charge in [0.05, 0.1) is 4.47 Å².